The topological polar surface area (TPSA) is 22.1 Å². The van der Waals surface area contributed by atoms with Gasteiger partial charge in [-0.1, -0.05) is 0 Å². The van der Waals surface area contributed by atoms with Crippen LogP contribution in [0.15, 0.2) is 6.07 Å². The Kier molecular flexibility index (Phi) is 2.63. The minimum Gasteiger partial charge on any atom is -0.481 e. The fourth-order valence-corrected chi connectivity index (χ4v) is 1.00. The second-order valence-electron chi connectivity index (χ2n) is 2.69. The first-order valence-corrected chi connectivity index (χ1v) is 3.76. The van der Waals surface area contributed by atoms with Crippen molar-refractivity contribution in [1.29, 1.82) is 0 Å². The molecular formula is C9H12FNO. The average molecular weight is 169 g/mol. The van der Waals surface area contributed by atoms with Gasteiger partial charge in [0.25, 0.3) is 0 Å². The SMILES string of the molecule is COc1cc(C)c(C)c(CF)n1. The van der Waals surface area contributed by atoms with Crippen LogP contribution in [0.4, 0.5) is 4.39 Å². The second kappa shape index (κ2) is 3.52. The van der Waals surface area contributed by atoms with Crippen LogP contribution in [-0.2, 0) is 6.67 Å². The van der Waals surface area contributed by atoms with Crippen LogP contribution in [-0.4, -0.2) is 12.1 Å². The zero-order valence-corrected chi connectivity index (χ0v) is 7.52. The molecule has 0 spiro atoms. The van der Waals surface area contributed by atoms with Crippen LogP contribution in [0.25, 0.3) is 0 Å². The van der Waals surface area contributed by atoms with E-state index < -0.39 is 6.67 Å². The molecule has 0 aliphatic heterocycles. The highest BCUT2D eigenvalue weighted by atomic mass is 19.1. The zero-order chi connectivity index (χ0) is 9.14. The molecule has 0 N–H and O–H groups in total. The maximum absolute atomic E-state index is 12.4. The largest absolute Gasteiger partial charge is 0.481 e. The normalized spacial score (nSPS) is 10.0. The summed E-state index contributed by atoms with van der Waals surface area (Å²) in [7, 11) is 1.53. The van der Waals surface area contributed by atoms with Crippen molar-refractivity contribution in [3.8, 4) is 5.88 Å². The Morgan fingerprint density at radius 2 is 2.17 bits per heavy atom. The lowest BCUT2D eigenvalue weighted by Crippen LogP contribution is -1.97. The molecule has 0 aliphatic carbocycles. The molecule has 1 aromatic rings. The third-order valence-corrected chi connectivity index (χ3v) is 1.95. The summed E-state index contributed by atoms with van der Waals surface area (Å²) >= 11 is 0. The Balaban J connectivity index is 3.19. The molecule has 0 radical (unpaired) electrons. The van der Waals surface area contributed by atoms with Gasteiger partial charge in [0.1, 0.15) is 6.67 Å². The molecule has 66 valence electrons. The Labute approximate surface area is 71.4 Å². The van der Waals surface area contributed by atoms with Crippen molar-refractivity contribution >= 4 is 0 Å². The number of methoxy groups -OCH3 is 1. The molecular weight excluding hydrogens is 157 g/mol. The summed E-state index contributed by atoms with van der Waals surface area (Å²) in [5.74, 6) is 0.478. The highest BCUT2D eigenvalue weighted by Gasteiger charge is 2.05. The maximum Gasteiger partial charge on any atom is 0.213 e. The fraction of sp³-hybridized carbons (Fsp3) is 0.444. The van der Waals surface area contributed by atoms with E-state index in [2.05, 4.69) is 4.98 Å². The van der Waals surface area contributed by atoms with Crippen LogP contribution in [0.1, 0.15) is 16.8 Å². The molecule has 1 heterocycles. The number of alkyl halides is 1. The highest BCUT2D eigenvalue weighted by Crippen LogP contribution is 2.17. The van der Waals surface area contributed by atoms with Crippen molar-refractivity contribution in [3.05, 3.63) is 22.9 Å². The van der Waals surface area contributed by atoms with Gasteiger partial charge in [-0.05, 0) is 25.0 Å². The van der Waals surface area contributed by atoms with Gasteiger partial charge in [0.2, 0.25) is 5.88 Å². The van der Waals surface area contributed by atoms with Gasteiger partial charge in [-0.3, -0.25) is 0 Å². The van der Waals surface area contributed by atoms with Gasteiger partial charge in [-0.25, -0.2) is 9.37 Å². The molecule has 1 aromatic heterocycles. The van der Waals surface area contributed by atoms with Gasteiger partial charge in [-0.15, -0.1) is 0 Å². The van der Waals surface area contributed by atoms with E-state index in [0.717, 1.165) is 11.1 Å². The molecule has 1 rings (SSSR count). The summed E-state index contributed by atoms with van der Waals surface area (Å²) < 4.78 is 17.3. The first-order chi connectivity index (χ1) is 5.69. The van der Waals surface area contributed by atoms with Gasteiger partial charge in [0.05, 0.1) is 12.8 Å². The summed E-state index contributed by atoms with van der Waals surface area (Å²) in [4.78, 5) is 3.97. The summed E-state index contributed by atoms with van der Waals surface area (Å²) in [6.45, 7) is 3.24. The quantitative estimate of drug-likeness (QED) is 0.677. The molecule has 2 nitrogen and oxygen atoms in total. The Hall–Kier alpha value is -1.12. The van der Waals surface area contributed by atoms with Gasteiger partial charge in [-0.2, -0.15) is 0 Å². The molecule has 0 fully saturated rings. The number of aryl methyl sites for hydroxylation is 1. The number of rotatable bonds is 2. The van der Waals surface area contributed by atoms with E-state index >= 15 is 0 Å². The third-order valence-electron chi connectivity index (χ3n) is 1.95. The summed E-state index contributed by atoms with van der Waals surface area (Å²) in [5, 5.41) is 0. The van der Waals surface area contributed by atoms with E-state index in [0.29, 0.717) is 11.6 Å². The van der Waals surface area contributed by atoms with Crippen molar-refractivity contribution in [2.75, 3.05) is 7.11 Å². The van der Waals surface area contributed by atoms with Crippen molar-refractivity contribution in [3.63, 3.8) is 0 Å². The third kappa shape index (κ3) is 1.55. The molecule has 0 unspecified atom stereocenters. The van der Waals surface area contributed by atoms with Crippen LogP contribution in [0.5, 0.6) is 5.88 Å². The van der Waals surface area contributed by atoms with Crippen molar-refractivity contribution < 1.29 is 9.13 Å². The molecule has 0 aliphatic rings. The minimum absolute atomic E-state index is 0.465. The lowest BCUT2D eigenvalue weighted by Gasteiger charge is -2.06. The Morgan fingerprint density at radius 3 is 2.67 bits per heavy atom. The number of pyridine rings is 1. The summed E-state index contributed by atoms with van der Waals surface area (Å²) in [6, 6.07) is 1.80. The predicted molar refractivity (Wildman–Crippen MR) is 45.1 cm³/mol. The molecule has 3 heteroatoms. The number of nitrogens with zero attached hydrogens (tertiary/aromatic N) is 1. The number of halogens is 1. The van der Waals surface area contributed by atoms with Crippen LogP contribution in [0, 0.1) is 13.8 Å². The Morgan fingerprint density at radius 1 is 1.50 bits per heavy atom. The van der Waals surface area contributed by atoms with Crippen LogP contribution >= 0.6 is 0 Å². The lowest BCUT2D eigenvalue weighted by atomic mass is 10.1. The molecule has 0 bridgehead atoms. The zero-order valence-electron chi connectivity index (χ0n) is 7.52. The number of aromatic nitrogens is 1. The Bertz CT molecular complexity index is 286. The van der Waals surface area contributed by atoms with Gasteiger partial charge >= 0.3 is 0 Å². The van der Waals surface area contributed by atoms with E-state index in [1.807, 2.05) is 13.8 Å². The standard InChI is InChI=1S/C9H12FNO/c1-6-4-9(12-3)11-8(5-10)7(6)2/h4H,5H2,1-3H3. The monoisotopic (exact) mass is 169 g/mol. The molecule has 0 saturated carbocycles. The van der Waals surface area contributed by atoms with Crippen LogP contribution in [0.3, 0.4) is 0 Å². The van der Waals surface area contributed by atoms with Crippen molar-refractivity contribution in [1.82, 2.24) is 4.98 Å². The first kappa shape index (κ1) is 8.97. The fourth-order valence-electron chi connectivity index (χ4n) is 1.00. The first-order valence-electron chi connectivity index (χ1n) is 3.76. The molecule has 0 atom stereocenters. The average Bonchev–Trinajstić information content (AvgIpc) is 2.09. The van der Waals surface area contributed by atoms with Gasteiger partial charge < -0.3 is 4.74 Å². The van der Waals surface area contributed by atoms with Gasteiger partial charge in [0.15, 0.2) is 0 Å². The number of hydrogen-bond acceptors (Lipinski definition) is 2. The predicted octanol–water partition coefficient (Wildman–Crippen LogP) is 2.18. The molecule has 0 amide bonds. The van der Waals surface area contributed by atoms with E-state index in [1.54, 1.807) is 6.07 Å². The molecule has 12 heavy (non-hydrogen) atoms. The van der Waals surface area contributed by atoms with E-state index in [1.165, 1.54) is 7.11 Å². The van der Waals surface area contributed by atoms with E-state index in [4.69, 9.17) is 4.74 Å². The summed E-state index contributed by atoms with van der Waals surface area (Å²) in [5.41, 5.74) is 2.37. The second-order valence-corrected chi connectivity index (χ2v) is 2.69. The molecule has 0 saturated heterocycles. The lowest BCUT2D eigenvalue weighted by molar-refractivity contribution is 0.389. The molecule has 0 aromatic carbocycles. The van der Waals surface area contributed by atoms with E-state index in [9.17, 15) is 4.39 Å². The van der Waals surface area contributed by atoms with Crippen molar-refractivity contribution in [2.45, 2.75) is 20.5 Å². The van der Waals surface area contributed by atoms with Crippen molar-refractivity contribution in [2.24, 2.45) is 0 Å². The highest BCUT2D eigenvalue weighted by molar-refractivity contribution is 5.32. The maximum atomic E-state index is 12.4. The number of hydrogen-bond donors (Lipinski definition) is 0. The van der Waals surface area contributed by atoms with E-state index in [-0.39, 0.29) is 0 Å². The minimum atomic E-state index is -0.538. The van der Waals surface area contributed by atoms with Gasteiger partial charge in [0, 0.05) is 6.07 Å². The summed E-state index contributed by atoms with van der Waals surface area (Å²) in [6.07, 6.45) is 0. The van der Waals surface area contributed by atoms with Crippen LogP contribution < -0.4 is 4.74 Å². The van der Waals surface area contributed by atoms with Crippen LogP contribution in [0.2, 0.25) is 0 Å². The number of ether oxygens (including phenoxy) is 1. The smallest absolute Gasteiger partial charge is 0.213 e.